The Hall–Kier alpha value is -1.88. The number of nitrogens with one attached hydrogen (secondary N) is 2. The van der Waals surface area contributed by atoms with Gasteiger partial charge >= 0.3 is 0 Å². The van der Waals surface area contributed by atoms with Crippen molar-refractivity contribution in [3.05, 3.63) is 45.9 Å². The first-order valence-electron chi connectivity index (χ1n) is 8.26. The fourth-order valence-electron chi connectivity index (χ4n) is 2.90. The molecule has 1 atom stereocenters. The molecule has 0 radical (unpaired) electrons. The maximum absolute atomic E-state index is 12.2. The van der Waals surface area contributed by atoms with Crippen LogP contribution in [0.25, 0.3) is 0 Å². The zero-order chi connectivity index (χ0) is 16.1. The molecule has 0 saturated carbocycles. The summed E-state index contributed by atoms with van der Waals surface area (Å²) in [4.78, 5) is 18.6. The van der Waals surface area contributed by atoms with Crippen molar-refractivity contribution in [3.63, 3.8) is 0 Å². The molecule has 122 valence electrons. The first kappa shape index (κ1) is 16.0. The van der Waals surface area contributed by atoms with Gasteiger partial charge in [0.25, 0.3) is 5.91 Å². The third-order valence-corrected chi connectivity index (χ3v) is 5.42. The number of hydrogen-bond donors (Lipinski definition) is 2. The Morgan fingerprint density at radius 1 is 1.43 bits per heavy atom. The van der Waals surface area contributed by atoms with Gasteiger partial charge in [0.1, 0.15) is 0 Å². The molecule has 5 heteroatoms. The van der Waals surface area contributed by atoms with Gasteiger partial charge in [0.15, 0.2) is 0 Å². The minimum atomic E-state index is 0.0680. The zero-order valence-electron chi connectivity index (χ0n) is 13.5. The third-order valence-electron chi connectivity index (χ3n) is 4.18. The van der Waals surface area contributed by atoms with E-state index in [1.165, 1.54) is 16.9 Å². The maximum atomic E-state index is 12.2. The molecule has 1 aliphatic rings. The summed E-state index contributed by atoms with van der Waals surface area (Å²) in [6.07, 6.45) is 7.94. The van der Waals surface area contributed by atoms with Crippen LogP contribution in [0.1, 0.15) is 39.9 Å². The molecule has 23 heavy (non-hydrogen) atoms. The highest BCUT2D eigenvalue weighted by atomic mass is 32.1. The molecule has 0 saturated heterocycles. The molecule has 1 aliphatic carbocycles. The molecule has 2 aromatic heterocycles. The van der Waals surface area contributed by atoms with Gasteiger partial charge in [-0.05, 0) is 55.4 Å². The van der Waals surface area contributed by atoms with Crippen LogP contribution in [-0.4, -0.2) is 24.0 Å². The molecule has 0 fully saturated rings. The lowest BCUT2D eigenvalue weighted by Crippen LogP contribution is -2.25. The van der Waals surface area contributed by atoms with Gasteiger partial charge in [0, 0.05) is 30.4 Å². The van der Waals surface area contributed by atoms with Crippen LogP contribution < -0.4 is 10.6 Å². The molecule has 0 unspecified atom stereocenters. The van der Waals surface area contributed by atoms with E-state index in [1.807, 2.05) is 12.1 Å². The van der Waals surface area contributed by atoms with E-state index in [4.69, 9.17) is 0 Å². The van der Waals surface area contributed by atoms with E-state index in [0.717, 1.165) is 42.3 Å². The van der Waals surface area contributed by atoms with Crippen molar-refractivity contribution in [1.29, 1.82) is 0 Å². The van der Waals surface area contributed by atoms with Gasteiger partial charge < -0.3 is 10.6 Å². The highest BCUT2D eigenvalue weighted by Gasteiger charge is 2.20. The van der Waals surface area contributed by atoms with E-state index in [9.17, 15) is 4.79 Å². The van der Waals surface area contributed by atoms with Gasteiger partial charge in [0.2, 0.25) is 0 Å². The number of nitrogens with zero attached hydrogens (tertiary/aromatic N) is 1. The summed E-state index contributed by atoms with van der Waals surface area (Å²) in [5, 5.41) is 6.31. The van der Waals surface area contributed by atoms with Gasteiger partial charge in [0.05, 0.1) is 10.6 Å². The Balaban J connectivity index is 1.41. The first-order chi connectivity index (χ1) is 11.2. The second kappa shape index (κ2) is 7.59. The van der Waals surface area contributed by atoms with E-state index in [1.54, 1.807) is 23.7 Å². The normalized spacial score (nSPS) is 16.7. The Morgan fingerprint density at radius 3 is 3.17 bits per heavy atom. The van der Waals surface area contributed by atoms with Crippen LogP contribution in [0.5, 0.6) is 0 Å². The Kier molecular flexibility index (Phi) is 5.28. The van der Waals surface area contributed by atoms with Crippen molar-refractivity contribution >= 4 is 22.9 Å². The van der Waals surface area contributed by atoms with E-state index >= 15 is 0 Å². The van der Waals surface area contributed by atoms with Gasteiger partial charge in [-0.15, -0.1) is 11.3 Å². The lowest BCUT2D eigenvalue weighted by molar-refractivity contribution is 0.0957. The van der Waals surface area contributed by atoms with Crippen molar-refractivity contribution in [1.82, 2.24) is 10.3 Å². The molecule has 2 heterocycles. The highest BCUT2D eigenvalue weighted by Crippen LogP contribution is 2.32. The molecule has 0 spiro atoms. The Morgan fingerprint density at radius 2 is 2.35 bits per heavy atom. The fraction of sp³-hybridized carbons (Fsp3) is 0.444. The summed E-state index contributed by atoms with van der Waals surface area (Å²) in [7, 11) is 0. The summed E-state index contributed by atoms with van der Waals surface area (Å²) >= 11 is 1.67. The molecule has 3 rings (SSSR count). The summed E-state index contributed by atoms with van der Waals surface area (Å²) < 4.78 is 0. The smallest absolute Gasteiger partial charge is 0.261 e. The van der Waals surface area contributed by atoms with E-state index in [2.05, 4.69) is 28.6 Å². The van der Waals surface area contributed by atoms with Crippen LogP contribution in [-0.2, 0) is 12.8 Å². The highest BCUT2D eigenvalue weighted by molar-refractivity contribution is 7.14. The largest absolute Gasteiger partial charge is 0.384 e. The zero-order valence-corrected chi connectivity index (χ0v) is 14.3. The number of thiophene rings is 1. The summed E-state index contributed by atoms with van der Waals surface area (Å²) in [6.45, 7) is 3.80. The summed E-state index contributed by atoms with van der Waals surface area (Å²) in [5.74, 6) is 0.810. The number of anilines is 1. The van der Waals surface area contributed by atoms with Crippen molar-refractivity contribution in [2.75, 3.05) is 18.4 Å². The average molecular weight is 329 g/mol. The molecular weight excluding hydrogens is 306 g/mol. The van der Waals surface area contributed by atoms with Crippen molar-refractivity contribution < 1.29 is 4.79 Å². The number of fused-ring (bicyclic) bond motifs is 1. The number of aromatic nitrogens is 1. The number of amides is 1. The second-order valence-electron chi connectivity index (χ2n) is 6.18. The third kappa shape index (κ3) is 4.32. The van der Waals surface area contributed by atoms with Gasteiger partial charge in [-0.2, -0.15) is 0 Å². The summed E-state index contributed by atoms with van der Waals surface area (Å²) in [6, 6.07) is 5.99. The van der Waals surface area contributed by atoms with Crippen molar-refractivity contribution in [2.45, 2.75) is 32.6 Å². The van der Waals surface area contributed by atoms with Crippen LogP contribution in [0.2, 0.25) is 0 Å². The molecule has 2 N–H and O–H groups in total. The lowest BCUT2D eigenvalue weighted by Gasteiger charge is -2.16. The molecule has 4 nitrogen and oxygen atoms in total. The minimum Gasteiger partial charge on any atom is -0.384 e. The quantitative estimate of drug-likeness (QED) is 0.798. The standard InChI is InChI=1S/C18H23N3OS/c1-13-5-6-16-14(10-13)11-17(23-16)18(22)21-9-3-8-20-15-4-2-7-19-12-15/h2,4,7,11-13,20H,3,5-6,8-10H2,1H3,(H,21,22)/t13-/m1/s1. The van der Waals surface area contributed by atoms with Gasteiger partial charge in [-0.1, -0.05) is 6.92 Å². The molecule has 1 amide bonds. The van der Waals surface area contributed by atoms with Crippen LogP contribution in [0, 0.1) is 5.92 Å². The Labute approximate surface area is 141 Å². The lowest BCUT2D eigenvalue weighted by atomic mass is 9.90. The number of pyridine rings is 1. The number of rotatable bonds is 6. The number of carbonyl (C=O) groups excluding carboxylic acids is 1. The Bertz CT molecular complexity index is 654. The molecular formula is C18H23N3OS. The SMILES string of the molecule is C[C@@H]1CCc2sc(C(=O)NCCCNc3cccnc3)cc2C1. The fourth-order valence-corrected chi connectivity index (χ4v) is 4.02. The van der Waals surface area contributed by atoms with Crippen LogP contribution in [0.15, 0.2) is 30.6 Å². The number of aryl methyl sites for hydroxylation is 1. The van der Waals surface area contributed by atoms with Crippen LogP contribution in [0.3, 0.4) is 0 Å². The summed E-state index contributed by atoms with van der Waals surface area (Å²) in [5.41, 5.74) is 2.40. The topological polar surface area (TPSA) is 54.0 Å². The molecule has 2 aromatic rings. The maximum Gasteiger partial charge on any atom is 0.261 e. The predicted octanol–water partition coefficient (Wildman–Crippen LogP) is 3.50. The monoisotopic (exact) mass is 329 g/mol. The van der Waals surface area contributed by atoms with E-state index < -0.39 is 0 Å². The van der Waals surface area contributed by atoms with E-state index in [-0.39, 0.29) is 5.91 Å². The van der Waals surface area contributed by atoms with Crippen molar-refractivity contribution in [2.24, 2.45) is 5.92 Å². The first-order valence-corrected chi connectivity index (χ1v) is 9.07. The number of carbonyl (C=O) groups is 1. The van der Waals surface area contributed by atoms with Crippen LogP contribution >= 0.6 is 11.3 Å². The van der Waals surface area contributed by atoms with Gasteiger partial charge in [-0.25, -0.2) is 0 Å². The molecule has 0 aromatic carbocycles. The number of hydrogen-bond acceptors (Lipinski definition) is 4. The van der Waals surface area contributed by atoms with E-state index in [0.29, 0.717) is 6.54 Å². The molecule has 0 bridgehead atoms. The average Bonchev–Trinajstić information content (AvgIpc) is 2.98. The molecule has 0 aliphatic heterocycles. The van der Waals surface area contributed by atoms with Crippen molar-refractivity contribution in [3.8, 4) is 0 Å². The predicted molar refractivity (Wildman–Crippen MR) is 95.2 cm³/mol. The second-order valence-corrected chi connectivity index (χ2v) is 7.32. The van der Waals surface area contributed by atoms with Gasteiger partial charge in [-0.3, -0.25) is 9.78 Å². The minimum absolute atomic E-state index is 0.0680. The van der Waals surface area contributed by atoms with Crippen LogP contribution in [0.4, 0.5) is 5.69 Å².